The molecule has 25 heavy (non-hydrogen) atoms. The van der Waals surface area contributed by atoms with Crippen LogP contribution >= 0.6 is 0 Å². The summed E-state index contributed by atoms with van der Waals surface area (Å²) in [5.74, 6) is 4.37. The van der Waals surface area contributed by atoms with Gasteiger partial charge in [-0.3, -0.25) is 0 Å². The van der Waals surface area contributed by atoms with Gasteiger partial charge in [0.1, 0.15) is 0 Å². The lowest BCUT2D eigenvalue weighted by Gasteiger charge is -2.30. The molecule has 0 aromatic heterocycles. The molecule has 4 atom stereocenters. The van der Waals surface area contributed by atoms with Crippen molar-refractivity contribution in [1.29, 1.82) is 0 Å². The quantitative estimate of drug-likeness (QED) is 0.274. The molecule has 150 valence electrons. The lowest BCUT2D eigenvalue weighted by Crippen LogP contribution is -2.21. The van der Waals surface area contributed by atoms with E-state index < -0.39 is 0 Å². The normalized spacial score (nSPS) is 18.0. The Morgan fingerprint density at radius 1 is 0.720 bits per heavy atom. The van der Waals surface area contributed by atoms with Crippen LogP contribution in [0.25, 0.3) is 0 Å². The van der Waals surface area contributed by atoms with Gasteiger partial charge in [0.25, 0.3) is 0 Å². The van der Waals surface area contributed by atoms with Crippen LogP contribution in [0, 0.1) is 29.6 Å². The van der Waals surface area contributed by atoms with Gasteiger partial charge in [0.2, 0.25) is 0 Å². The highest BCUT2D eigenvalue weighted by Gasteiger charge is 2.22. The summed E-state index contributed by atoms with van der Waals surface area (Å²) < 4.78 is 0. The summed E-state index contributed by atoms with van der Waals surface area (Å²) in [6, 6.07) is 0. The fourth-order valence-corrected chi connectivity index (χ4v) is 4.48. The van der Waals surface area contributed by atoms with Crippen LogP contribution in [-0.4, -0.2) is 0 Å². The highest BCUT2D eigenvalue weighted by molar-refractivity contribution is 5.09. The molecule has 0 saturated heterocycles. The SMILES string of the molecule is CCCC(C)CCC(C)=C(C)CCCC(C(C)CC)C(C)CC(C)C. The Morgan fingerprint density at radius 2 is 1.32 bits per heavy atom. The molecule has 0 aliphatic rings. The zero-order chi connectivity index (χ0) is 19.4. The summed E-state index contributed by atoms with van der Waals surface area (Å²) in [7, 11) is 0. The summed E-state index contributed by atoms with van der Waals surface area (Å²) >= 11 is 0. The molecule has 0 saturated carbocycles. The molecular weight excluding hydrogens is 300 g/mol. The van der Waals surface area contributed by atoms with Crippen molar-refractivity contribution >= 4 is 0 Å². The molecule has 0 fully saturated rings. The van der Waals surface area contributed by atoms with Crippen molar-refractivity contribution in [2.75, 3.05) is 0 Å². The standard InChI is InChI=1S/C25H50/c1-10-13-20(5)16-17-23(8)22(7)14-12-15-25(21(6)11-2)24(9)18-19(3)4/h19-21,24-25H,10-18H2,1-9H3. The Hall–Kier alpha value is -0.260. The fourth-order valence-electron chi connectivity index (χ4n) is 4.48. The summed E-state index contributed by atoms with van der Waals surface area (Å²) in [6.45, 7) is 21.6. The summed E-state index contributed by atoms with van der Waals surface area (Å²) in [5.41, 5.74) is 3.33. The van der Waals surface area contributed by atoms with Gasteiger partial charge < -0.3 is 0 Å². The zero-order valence-electron chi connectivity index (χ0n) is 19.3. The van der Waals surface area contributed by atoms with E-state index in [2.05, 4.69) is 62.3 Å². The Morgan fingerprint density at radius 3 is 1.84 bits per heavy atom. The van der Waals surface area contributed by atoms with Crippen LogP contribution in [0.1, 0.15) is 120 Å². The van der Waals surface area contributed by atoms with Crippen LogP contribution in [0.3, 0.4) is 0 Å². The molecule has 0 spiro atoms. The van der Waals surface area contributed by atoms with Crippen molar-refractivity contribution in [1.82, 2.24) is 0 Å². The maximum atomic E-state index is 2.50. The first kappa shape index (κ1) is 24.7. The van der Waals surface area contributed by atoms with E-state index in [9.17, 15) is 0 Å². The first-order valence-corrected chi connectivity index (χ1v) is 11.4. The second kappa shape index (κ2) is 13.9. The zero-order valence-corrected chi connectivity index (χ0v) is 19.3. The van der Waals surface area contributed by atoms with Crippen LogP contribution in [-0.2, 0) is 0 Å². The molecule has 0 aromatic rings. The van der Waals surface area contributed by atoms with Gasteiger partial charge in [-0.2, -0.15) is 0 Å². The highest BCUT2D eigenvalue weighted by atomic mass is 14.3. The van der Waals surface area contributed by atoms with Gasteiger partial charge in [-0.1, -0.05) is 78.9 Å². The molecular formula is C25H50. The van der Waals surface area contributed by atoms with Gasteiger partial charge in [-0.25, -0.2) is 0 Å². The second-order valence-corrected chi connectivity index (χ2v) is 9.54. The monoisotopic (exact) mass is 350 g/mol. The third kappa shape index (κ3) is 11.1. The third-order valence-corrected chi connectivity index (χ3v) is 6.56. The minimum absolute atomic E-state index is 0.829. The predicted octanol–water partition coefficient (Wildman–Crippen LogP) is 9.05. The Balaban J connectivity index is 4.46. The average molecular weight is 351 g/mol. The van der Waals surface area contributed by atoms with E-state index in [1.165, 1.54) is 57.8 Å². The van der Waals surface area contributed by atoms with Crippen LogP contribution in [0.2, 0.25) is 0 Å². The van der Waals surface area contributed by atoms with E-state index in [-0.39, 0.29) is 0 Å². The van der Waals surface area contributed by atoms with E-state index in [4.69, 9.17) is 0 Å². The molecule has 0 amide bonds. The largest absolute Gasteiger partial charge is 0.0744 e. The molecule has 0 nitrogen and oxygen atoms in total. The number of hydrogen-bond donors (Lipinski definition) is 0. The number of hydrogen-bond acceptors (Lipinski definition) is 0. The van der Waals surface area contributed by atoms with E-state index in [0.717, 1.165) is 29.6 Å². The molecule has 0 aliphatic heterocycles. The summed E-state index contributed by atoms with van der Waals surface area (Å²) in [6.07, 6.45) is 12.2. The van der Waals surface area contributed by atoms with E-state index in [1.54, 1.807) is 11.1 Å². The molecule has 0 aromatic carbocycles. The molecule has 0 aliphatic carbocycles. The Kier molecular flexibility index (Phi) is 13.7. The van der Waals surface area contributed by atoms with E-state index in [0.29, 0.717) is 0 Å². The Labute approximate surface area is 161 Å². The molecule has 0 rings (SSSR count). The molecule has 0 heteroatoms. The van der Waals surface area contributed by atoms with Crippen molar-refractivity contribution in [3.05, 3.63) is 11.1 Å². The van der Waals surface area contributed by atoms with Crippen molar-refractivity contribution in [3.63, 3.8) is 0 Å². The van der Waals surface area contributed by atoms with Crippen LogP contribution in [0.15, 0.2) is 11.1 Å². The molecule has 0 radical (unpaired) electrons. The molecule has 0 N–H and O–H groups in total. The third-order valence-electron chi connectivity index (χ3n) is 6.56. The lowest BCUT2D eigenvalue weighted by molar-refractivity contribution is 0.203. The van der Waals surface area contributed by atoms with Crippen molar-refractivity contribution < 1.29 is 0 Å². The number of allylic oxidation sites excluding steroid dienone is 2. The van der Waals surface area contributed by atoms with E-state index >= 15 is 0 Å². The number of rotatable bonds is 14. The van der Waals surface area contributed by atoms with Crippen LogP contribution < -0.4 is 0 Å². The van der Waals surface area contributed by atoms with Gasteiger partial charge in [-0.05, 0) is 82.0 Å². The molecule has 0 bridgehead atoms. The minimum Gasteiger partial charge on any atom is -0.0744 e. The highest BCUT2D eigenvalue weighted by Crippen LogP contribution is 2.33. The summed E-state index contributed by atoms with van der Waals surface area (Å²) in [5, 5.41) is 0. The molecule has 4 unspecified atom stereocenters. The maximum Gasteiger partial charge on any atom is -0.0318 e. The minimum atomic E-state index is 0.829. The first-order chi connectivity index (χ1) is 11.7. The molecule has 0 heterocycles. The fraction of sp³-hybridized carbons (Fsp3) is 0.920. The summed E-state index contributed by atoms with van der Waals surface area (Å²) in [4.78, 5) is 0. The predicted molar refractivity (Wildman–Crippen MR) is 117 cm³/mol. The smallest absolute Gasteiger partial charge is 0.0318 e. The van der Waals surface area contributed by atoms with Crippen molar-refractivity contribution in [2.24, 2.45) is 29.6 Å². The van der Waals surface area contributed by atoms with Crippen LogP contribution in [0.4, 0.5) is 0 Å². The maximum absolute atomic E-state index is 2.50. The van der Waals surface area contributed by atoms with Gasteiger partial charge in [0, 0.05) is 0 Å². The van der Waals surface area contributed by atoms with Gasteiger partial charge in [0.15, 0.2) is 0 Å². The van der Waals surface area contributed by atoms with Gasteiger partial charge >= 0.3 is 0 Å². The average Bonchev–Trinajstić information content (AvgIpc) is 2.55. The lowest BCUT2D eigenvalue weighted by atomic mass is 9.75. The van der Waals surface area contributed by atoms with Gasteiger partial charge in [-0.15, -0.1) is 0 Å². The van der Waals surface area contributed by atoms with Crippen molar-refractivity contribution in [2.45, 2.75) is 120 Å². The topological polar surface area (TPSA) is 0 Å². The first-order valence-electron chi connectivity index (χ1n) is 11.4. The van der Waals surface area contributed by atoms with E-state index in [1.807, 2.05) is 0 Å². The second-order valence-electron chi connectivity index (χ2n) is 9.54. The van der Waals surface area contributed by atoms with Gasteiger partial charge in [0.05, 0.1) is 0 Å². The van der Waals surface area contributed by atoms with Crippen molar-refractivity contribution in [3.8, 4) is 0 Å². The van der Waals surface area contributed by atoms with Crippen LogP contribution in [0.5, 0.6) is 0 Å². The Bertz CT molecular complexity index is 349.